The molecule has 0 aliphatic carbocycles. The van der Waals surface area contributed by atoms with Gasteiger partial charge in [0.05, 0.1) is 0 Å². The van der Waals surface area contributed by atoms with E-state index < -0.39 is 0 Å². The van der Waals surface area contributed by atoms with E-state index in [0.717, 1.165) is 6.54 Å². The summed E-state index contributed by atoms with van der Waals surface area (Å²) in [5, 5.41) is 0. The monoisotopic (exact) mass is 532 g/mol. The predicted octanol–water partition coefficient (Wildman–Crippen LogP) is 5.97. The number of hydrogen-bond acceptors (Lipinski definition) is 4. The molecule has 2 rings (SSSR count). The van der Waals surface area contributed by atoms with Crippen LogP contribution in [0.1, 0.15) is 61.0 Å². The van der Waals surface area contributed by atoms with Crippen molar-refractivity contribution in [3.8, 4) is 0 Å². The fourth-order valence-corrected chi connectivity index (χ4v) is 3.06. The Balaban J connectivity index is 0. The Bertz CT molecular complexity index is 570. The molecule has 0 unspecified atom stereocenters. The molecule has 186 valence electrons. The van der Waals surface area contributed by atoms with Crippen LogP contribution in [-0.4, -0.2) is 57.9 Å². The van der Waals surface area contributed by atoms with E-state index in [4.69, 9.17) is 0 Å². The number of benzene rings is 1. The molecule has 2 aromatic rings. The summed E-state index contributed by atoms with van der Waals surface area (Å²) in [5.74, 6) is 0. The molecule has 32 heavy (non-hydrogen) atoms. The zero-order chi connectivity index (χ0) is 23.8. The van der Waals surface area contributed by atoms with Gasteiger partial charge in [-0.05, 0) is 50.4 Å². The largest absolute Gasteiger partial charge is 0.438 e. The van der Waals surface area contributed by atoms with Crippen LogP contribution in [0.3, 0.4) is 0 Å². The Morgan fingerprint density at radius 2 is 1.22 bits per heavy atom. The van der Waals surface area contributed by atoms with Crippen molar-refractivity contribution in [3.05, 3.63) is 73.2 Å². The predicted molar refractivity (Wildman–Crippen MR) is 135 cm³/mol. The summed E-state index contributed by atoms with van der Waals surface area (Å²) in [6.45, 7) is 21.2. The van der Waals surface area contributed by atoms with Gasteiger partial charge in [0.2, 0.25) is 0 Å². The van der Waals surface area contributed by atoms with Gasteiger partial charge in [0.1, 0.15) is 0 Å². The molecule has 1 aromatic heterocycles. The topological polar surface area (TPSA) is 22.6 Å². The Morgan fingerprint density at radius 1 is 0.750 bits per heavy atom. The SMILES string of the molecule is CC(C)N([CH-]N(C(C)C)C(C)C)C(C)C.CN(C)Cc1[c-]cccc1.[Pd].c1ccncc1. The zero-order valence-electron chi connectivity index (χ0n) is 21.9. The molecule has 0 bridgehead atoms. The molecule has 1 heterocycles. The summed E-state index contributed by atoms with van der Waals surface area (Å²) < 4.78 is 0. The van der Waals surface area contributed by atoms with Gasteiger partial charge >= 0.3 is 0 Å². The molecule has 1 aromatic carbocycles. The standard InChI is InChI=1S/C13H29N2.C9H12N.C5H5N.Pd/c1-10(2)14(11(3)4)9-15(12(5)6)13(7)8;1-10(2)8-9-6-4-3-5-7-9;1-2-4-6-5-3-1;/h9-13H,1-8H3;3-6H,8H2,1-2H3;1-5H;/q2*-1;;. The molecular formula is C27H46N4Pd-2. The summed E-state index contributed by atoms with van der Waals surface area (Å²) in [4.78, 5) is 10.7. The van der Waals surface area contributed by atoms with Crippen molar-refractivity contribution in [3.63, 3.8) is 0 Å². The minimum Gasteiger partial charge on any atom is -0.438 e. The summed E-state index contributed by atoms with van der Waals surface area (Å²) in [6, 6.07) is 19.2. The number of hydrogen-bond donors (Lipinski definition) is 0. The van der Waals surface area contributed by atoms with E-state index in [1.807, 2.05) is 36.4 Å². The van der Waals surface area contributed by atoms with Crippen LogP contribution < -0.4 is 0 Å². The third-order valence-electron chi connectivity index (χ3n) is 4.48. The number of aromatic nitrogens is 1. The first-order chi connectivity index (χ1) is 14.6. The van der Waals surface area contributed by atoms with Gasteiger partial charge in [-0.25, -0.2) is 6.67 Å². The van der Waals surface area contributed by atoms with E-state index in [-0.39, 0.29) is 20.4 Å². The van der Waals surface area contributed by atoms with Gasteiger partial charge < -0.3 is 14.7 Å². The molecule has 0 spiro atoms. The molecule has 0 N–H and O–H groups in total. The smallest absolute Gasteiger partial charge is 0.0267 e. The number of rotatable bonds is 8. The summed E-state index contributed by atoms with van der Waals surface area (Å²) in [5.41, 5.74) is 1.24. The summed E-state index contributed by atoms with van der Waals surface area (Å²) in [7, 11) is 4.11. The van der Waals surface area contributed by atoms with Crippen molar-refractivity contribution in [1.29, 1.82) is 0 Å². The van der Waals surface area contributed by atoms with Gasteiger partial charge in [0, 0.05) is 39.4 Å². The maximum Gasteiger partial charge on any atom is 0.0267 e. The quantitative estimate of drug-likeness (QED) is 0.308. The van der Waals surface area contributed by atoms with Crippen molar-refractivity contribution < 1.29 is 20.4 Å². The van der Waals surface area contributed by atoms with Crippen LogP contribution in [0.25, 0.3) is 0 Å². The molecule has 0 amide bonds. The van der Waals surface area contributed by atoms with Crippen LogP contribution in [0.4, 0.5) is 0 Å². The molecule has 4 nitrogen and oxygen atoms in total. The van der Waals surface area contributed by atoms with Gasteiger partial charge in [0.15, 0.2) is 0 Å². The molecule has 0 aliphatic rings. The van der Waals surface area contributed by atoms with Crippen molar-refractivity contribution in [2.24, 2.45) is 0 Å². The van der Waals surface area contributed by atoms with E-state index in [1.54, 1.807) is 12.4 Å². The Hall–Kier alpha value is -1.09. The average molecular weight is 533 g/mol. The van der Waals surface area contributed by atoms with Crippen LogP contribution in [0.5, 0.6) is 0 Å². The van der Waals surface area contributed by atoms with E-state index in [9.17, 15) is 0 Å². The van der Waals surface area contributed by atoms with E-state index in [1.165, 1.54) is 5.56 Å². The second-order valence-corrected chi connectivity index (χ2v) is 9.04. The second kappa shape index (κ2) is 19.4. The molecule has 0 atom stereocenters. The van der Waals surface area contributed by atoms with Crippen LogP contribution in [0.2, 0.25) is 0 Å². The molecule has 0 saturated heterocycles. The van der Waals surface area contributed by atoms with Crippen molar-refractivity contribution in [2.45, 2.75) is 86.1 Å². The molecule has 0 saturated carbocycles. The Kier molecular flexibility index (Phi) is 20.0. The minimum atomic E-state index is 0. The van der Waals surface area contributed by atoms with Crippen molar-refractivity contribution in [2.75, 3.05) is 14.1 Å². The number of pyridine rings is 1. The van der Waals surface area contributed by atoms with E-state index in [2.05, 4.69) is 108 Å². The van der Waals surface area contributed by atoms with Gasteiger partial charge in [-0.2, -0.15) is 30.3 Å². The molecule has 0 radical (unpaired) electrons. The van der Waals surface area contributed by atoms with Gasteiger partial charge in [-0.1, -0.05) is 61.5 Å². The average Bonchev–Trinajstić information content (AvgIpc) is 2.70. The normalized spacial score (nSPS) is 10.9. The zero-order valence-corrected chi connectivity index (χ0v) is 23.4. The Morgan fingerprint density at radius 3 is 1.47 bits per heavy atom. The van der Waals surface area contributed by atoms with Crippen LogP contribution in [0, 0.1) is 12.7 Å². The first-order valence-electron chi connectivity index (χ1n) is 11.4. The van der Waals surface area contributed by atoms with Crippen LogP contribution >= 0.6 is 0 Å². The van der Waals surface area contributed by atoms with E-state index in [0.29, 0.717) is 24.2 Å². The first kappa shape index (κ1) is 33.1. The summed E-state index contributed by atoms with van der Waals surface area (Å²) >= 11 is 0. The minimum absolute atomic E-state index is 0. The van der Waals surface area contributed by atoms with Crippen molar-refractivity contribution in [1.82, 2.24) is 19.7 Å². The van der Waals surface area contributed by atoms with Crippen molar-refractivity contribution >= 4 is 0 Å². The van der Waals surface area contributed by atoms with Gasteiger partial charge in [0.25, 0.3) is 0 Å². The van der Waals surface area contributed by atoms with Gasteiger partial charge in [-0.15, -0.1) is 5.56 Å². The van der Waals surface area contributed by atoms with Gasteiger partial charge in [-0.3, -0.25) is 4.98 Å². The fraction of sp³-hybridized carbons (Fsp3) is 0.556. The molecule has 0 fully saturated rings. The molecular weight excluding hydrogens is 487 g/mol. The fourth-order valence-electron chi connectivity index (χ4n) is 3.06. The molecule has 5 heteroatoms. The van der Waals surface area contributed by atoms with E-state index >= 15 is 0 Å². The third kappa shape index (κ3) is 16.5. The second-order valence-electron chi connectivity index (χ2n) is 9.04. The number of nitrogens with zero attached hydrogens (tertiary/aromatic N) is 4. The molecule has 0 aliphatic heterocycles. The van der Waals surface area contributed by atoms with Crippen LogP contribution in [0.15, 0.2) is 54.9 Å². The maximum absolute atomic E-state index is 3.78. The first-order valence-corrected chi connectivity index (χ1v) is 11.4. The maximum atomic E-state index is 3.78. The van der Waals surface area contributed by atoms with Crippen LogP contribution in [-0.2, 0) is 27.0 Å². The summed E-state index contributed by atoms with van der Waals surface area (Å²) in [6.07, 6.45) is 3.50. The Labute approximate surface area is 213 Å². The third-order valence-corrected chi connectivity index (χ3v) is 4.48.